The van der Waals surface area contributed by atoms with Gasteiger partial charge in [0.05, 0.1) is 0 Å². The van der Waals surface area contributed by atoms with Crippen LogP contribution in [0.3, 0.4) is 0 Å². The molecule has 0 aliphatic rings. The molecule has 0 saturated carbocycles. The van der Waals surface area contributed by atoms with Crippen molar-refractivity contribution in [2.24, 2.45) is 0 Å². The van der Waals surface area contributed by atoms with E-state index in [1.165, 1.54) is 44.5 Å². The summed E-state index contributed by atoms with van der Waals surface area (Å²) in [6, 6.07) is 35.5. The van der Waals surface area contributed by atoms with Crippen LogP contribution >= 0.6 is 0 Å². The molecule has 0 spiro atoms. The molecule has 0 atom stereocenters. The Morgan fingerprint density at radius 3 is 1.41 bits per heavy atom. The third-order valence-corrected chi connectivity index (χ3v) is 6.18. The second-order valence-electron chi connectivity index (χ2n) is 10.8. The fourth-order valence-electron chi connectivity index (χ4n) is 4.13. The van der Waals surface area contributed by atoms with Gasteiger partial charge in [0.15, 0.2) is 0 Å². The van der Waals surface area contributed by atoms with Crippen molar-refractivity contribution in [1.29, 1.82) is 0 Å². The van der Waals surface area contributed by atoms with E-state index in [0.717, 1.165) is 0 Å². The summed E-state index contributed by atoms with van der Waals surface area (Å²) in [6.07, 6.45) is 0. The smallest absolute Gasteiger partial charge is 0.0105 e. The number of hydrogen-bond acceptors (Lipinski definition) is 0. The summed E-state index contributed by atoms with van der Waals surface area (Å²) in [5.41, 5.74) is 10.6. The maximum Gasteiger partial charge on any atom is -0.0105 e. The van der Waals surface area contributed by atoms with E-state index < -0.39 is 0 Å². The first-order valence-corrected chi connectivity index (χ1v) is 11.5. The molecule has 32 heavy (non-hydrogen) atoms. The molecule has 4 aromatic rings. The summed E-state index contributed by atoms with van der Waals surface area (Å²) in [7, 11) is 0. The van der Waals surface area contributed by atoms with Crippen molar-refractivity contribution >= 4 is 0 Å². The standard InChI is InChI=1S/C32H34/c1-31(2,3)27-20-26(21-28(22-27)32(4,5)6)30-18-11-10-17-29(30)25-16-12-15-24(19-25)23-13-8-7-9-14-23/h7-22H,1-6H3. The minimum absolute atomic E-state index is 0.0954. The molecule has 0 aromatic heterocycles. The van der Waals surface area contributed by atoms with Gasteiger partial charge in [-0.15, -0.1) is 0 Å². The number of benzene rings is 4. The lowest BCUT2D eigenvalue weighted by atomic mass is 9.78. The van der Waals surface area contributed by atoms with Crippen molar-refractivity contribution in [3.8, 4) is 33.4 Å². The summed E-state index contributed by atoms with van der Waals surface area (Å²) in [5.74, 6) is 0. The number of rotatable bonds is 3. The normalized spacial score (nSPS) is 12.1. The molecule has 0 aliphatic heterocycles. The summed E-state index contributed by atoms with van der Waals surface area (Å²) < 4.78 is 0. The molecule has 0 fully saturated rings. The first kappa shape index (κ1) is 22.1. The highest BCUT2D eigenvalue weighted by atomic mass is 14.3. The number of hydrogen-bond donors (Lipinski definition) is 0. The third kappa shape index (κ3) is 4.70. The predicted molar refractivity (Wildman–Crippen MR) is 140 cm³/mol. The Morgan fingerprint density at radius 2 is 0.844 bits per heavy atom. The lowest BCUT2D eigenvalue weighted by Crippen LogP contribution is -2.16. The average Bonchev–Trinajstić information content (AvgIpc) is 2.78. The van der Waals surface area contributed by atoms with Gasteiger partial charge in [0.2, 0.25) is 0 Å². The van der Waals surface area contributed by atoms with Crippen molar-refractivity contribution in [2.75, 3.05) is 0 Å². The van der Waals surface area contributed by atoms with E-state index >= 15 is 0 Å². The van der Waals surface area contributed by atoms with E-state index in [9.17, 15) is 0 Å². The Morgan fingerprint density at radius 1 is 0.375 bits per heavy atom. The Hall–Kier alpha value is -3.12. The molecular weight excluding hydrogens is 384 g/mol. The molecule has 0 N–H and O–H groups in total. The summed E-state index contributed by atoms with van der Waals surface area (Å²) in [5, 5.41) is 0. The van der Waals surface area contributed by atoms with Gasteiger partial charge < -0.3 is 0 Å². The zero-order chi connectivity index (χ0) is 22.9. The van der Waals surface area contributed by atoms with Crippen LogP contribution in [0.5, 0.6) is 0 Å². The van der Waals surface area contributed by atoms with E-state index in [0.29, 0.717) is 0 Å². The van der Waals surface area contributed by atoms with Crippen molar-refractivity contribution in [3.63, 3.8) is 0 Å². The Balaban J connectivity index is 1.89. The van der Waals surface area contributed by atoms with Gasteiger partial charge >= 0.3 is 0 Å². The van der Waals surface area contributed by atoms with Gasteiger partial charge in [-0.1, -0.05) is 133 Å². The van der Waals surface area contributed by atoms with Crippen LogP contribution in [0.1, 0.15) is 52.7 Å². The fourth-order valence-corrected chi connectivity index (χ4v) is 4.13. The summed E-state index contributed by atoms with van der Waals surface area (Å²) in [6.45, 7) is 13.8. The zero-order valence-corrected chi connectivity index (χ0v) is 20.2. The van der Waals surface area contributed by atoms with Gasteiger partial charge in [0.1, 0.15) is 0 Å². The van der Waals surface area contributed by atoms with Gasteiger partial charge in [0.25, 0.3) is 0 Å². The van der Waals surface area contributed by atoms with E-state index in [4.69, 9.17) is 0 Å². The molecule has 0 aliphatic carbocycles. The van der Waals surface area contributed by atoms with Gasteiger partial charge in [0, 0.05) is 0 Å². The molecule has 0 heterocycles. The highest BCUT2D eigenvalue weighted by Gasteiger charge is 2.21. The lowest BCUT2D eigenvalue weighted by molar-refractivity contribution is 0.569. The molecule has 0 bridgehead atoms. The van der Waals surface area contributed by atoms with Crippen LogP contribution < -0.4 is 0 Å². The fraction of sp³-hybridized carbons (Fsp3) is 0.250. The van der Waals surface area contributed by atoms with E-state index in [-0.39, 0.29) is 10.8 Å². The third-order valence-electron chi connectivity index (χ3n) is 6.18. The molecule has 162 valence electrons. The minimum atomic E-state index is 0.0954. The second-order valence-corrected chi connectivity index (χ2v) is 10.8. The zero-order valence-electron chi connectivity index (χ0n) is 20.2. The van der Waals surface area contributed by atoms with Crippen LogP contribution in [-0.2, 0) is 10.8 Å². The molecule has 4 rings (SSSR count). The second kappa shape index (κ2) is 8.43. The van der Waals surface area contributed by atoms with Crippen LogP contribution in [0.2, 0.25) is 0 Å². The molecule has 0 heteroatoms. The van der Waals surface area contributed by atoms with Crippen molar-refractivity contribution in [1.82, 2.24) is 0 Å². The highest BCUT2D eigenvalue weighted by Crippen LogP contribution is 2.38. The van der Waals surface area contributed by atoms with Gasteiger partial charge in [-0.2, -0.15) is 0 Å². The first-order chi connectivity index (χ1) is 15.1. The van der Waals surface area contributed by atoms with E-state index in [2.05, 4.69) is 139 Å². The monoisotopic (exact) mass is 418 g/mol. The Kier molecular flexibility index (Phi) is 5.82. The van der Waals surface area contributed by atoms with Crippen molar-refractivity contribution < 1.29 is 0 Å². The van der Waals surface area contributed by atoms with Crippen LogP contribution in [0.15, 0.2) is 97.1 Å². The van der Waals surface area contributed by atoms with Crippen molar-refractivity contribution in [3.05, 3.63) is 108 Å². The summed E-state index contributed by atoms with van der Waals surface area (Å²) >= 11 is 0. The predicted octanol–water partition coefficient (Wildman–Crippen LogP) is 9.28. The van der Waals surface area contributed by atoms with Crippen LogP contribution in [-0.4, -0.2) is 0 Å². The topological polar surface area (TPSA) is 0 Å². The highest BCUT2D eigenvalue weighted by molar-refractivity contribution is 5.85. The SMILES string of the molecule is CC(C)(C)c1cc(-c2ccccc2-c2cccc(-c3ccccc3)c2)cc(C(C)(C)C)c1. The Labute approximate surface area is 194 Å². The quantitative estimate of drug-likeness (QED) is 0.311. The molecular formula is C32H34. The van der Waals surface area contributed by atoms with Crippen LogP contribution in [0.4, 0.5) is 0 Å². The van der Waals surface area contributed by atoms with Crippen LogP contribution in [0, 0.1) is 0 Å². The first-order valence-electron chi connectivity index (χ1n) is 11.5. The maximum absolute atomic E-state index is 2.39. The maximum atomic E-state index is 2.39. The van der Waals surface area contributed by atoms with Crippen molar-refractivity contribution in [2.45, 2.75) is 52.4 Å². The van der Waals surface area contributed by atoms with E-state index in [1.54, 1.807) is 0 Å². The summed E-state index contributed by atoms with van der Waals surface area (Å²) in [4.78, 5) is 0. The molecule has 0 radical (unpaired) electrons. The van der Waals surface area contributed by atoms with Gasteiger partial charge in [-0.25, -0.2) is 0 Å². The molecule has 0 saturated heterocycles. The largest absolute Gasteiger partial charge is 0.0622 e. The van der Waals surface area contributed by atoms with Gasteiger partial charge in [-0.05, 0) is 61.4 Å². The Bertz CT molecular complexity index is 1180. The minimum Gasteiger partial charge on any atom is -0.0622 e. The molecule has 4 aromatic carbocycles. The van der Waals surface area contributed by atoms with Crippen LogP contribution in [0.25, 0.3) is 33.4 Å². The molecule has 0 unspecified atom stereocenters. The van der Waals surface area contributed by atoms with E-state index in [1.807, 2.05) is 0 Å². The lowest BCUT2D eigenvalue weighted by Gasteiger charge is -2.26. The molecule has 0 amide bonds. The molecule has 0 nitrogen and oxygen atoms in total. The van der Waals surface area contributed by atoms with Gasteiger partial charge in [-0.3, -0.25) is 0 Å². The average molecular weight is 419 g/mol.